The Bertz CT molecular complexity index is 171. The van der Waals surface area contributed by atoms with E-state index in [2.05, 4.69) is 10.3 Å². The number of nitrogens with two attached hydrogens (primary N) is 1. The topological polar surface area (TPSA) is 58.4 Å². The molecule has 0 aromatic carbocycles. The van der Waals surface area contributed by atoms with E-state index >= 15 is 0 Å². The molecule has 0 aromatic heterocycles. The summed E-state index contributed by atoms with van der Waals surface area (Å²) >= 11 is 2.02. The van der Waals surface area contributed by atoms with Crippen LogP contribution in [0.25, 0.3) is 0 Å². The lowest BCUT2D eigenvalue weighted by Gasteiger charge is -2.25. The Hall–Kier alpha value is -0.260. The van der Waals surface area contributed by atoms with Gasteiger partial charge in [0.05, 0.1) is 0 Å². The molecule has 0 unspecified atom stereocenters. The van der Waals surface area contributed by atoms with E-state index < -0.39 is 0 Å². The molecule has 5 heteroatoms. The third-order valence-corrected chi connectivity index (χ3v) is 3.34. The maximum Gasteiger partial charge on any atom is 0.233 e. The Balaban J connectivity index is 1.94. The van der Waals surface area contributed by atoms with Gasteiger partial charge in [-0.15, -0.1) is 0 Å². The van der Waals surface area contributed by atoms with Gasteiger partial charge in [-0.3, -0.25) is 10.2 Å². The fourth-order valence-electron chi connectivity index (χ4n) is 1.52. The number of hydrogen-bond donors (Lipinski definition) is 2. The molecule has 0 saturated carbocycles. The molecule has 0 bridgehead atoms. The van der Waals surface area contributed by atoms with Gasteiger partial charge in [-0.25, -0.2) is 5.84 Å². The first kappa shape index (κ1) is 11.8. The van der Waals surface area contributed by atoms with Crippen LogP contribution in [0.2, 0.25) is 0 Å². The van der Waals surface area contributed by atoms with Crippen molar-refractivity contribution in [3.8, 4) is 0 Å². The van der Waals surface area contributed by atoms with Crippen molar-refractivity contribution in [2.75, 3.05) is 31.1 Å². The summed E-state index contributed by atoms with van der Waals surface area (Å²) in [4.78, 5) is 13.3. The summed E-state index contributed by atoms with van der Waals surface area (Å²) < 4.78 is 0. The molecule has 1 aliphatic rings. The van der Waals surface area contributed by atoms with Crippen molar-refractivity contribution in [3.63, 3.8) is 0 Å². The minimum absolute atomic E-state index is 0.0563. The second-order valence-electron chi connectivity index (χ2n) is 3.48. The molecule has 0 aliphatic carbocycles. The first-order valence-electron chi connectivity index (χ1n) is 5.12. The average Bonchev–Trinajstić information content (AvgIpc) is 2.25. The first-order valence-corrected chi connectivity index (χ1v) is 6.28. The molecule has 1 rings (SSSR count). The van der Waals surface area contributed by atoms with Gasteiger partial charge >= 0.3 is 0 Å². The molecule has 0 atom stereocenters. The van der Waals surface area contributed by atoms with Crippen LogP contribution >= 0.6 is 11.8 Å². The highest BCUT2D eigenvalue weighted by Gasteiger charge is 2.09. The number of thioether (sulfide) groups is 1. The van der Waals surface area contributed by atoms with Crippen molar-refractivity contribution in [3.05, 3.63) is 0 Å². The molecule has 1 saturated heterocycles. The van der Waals surface area contributed by atoms with E-state index in [1.165, 1.54) is 24.6 Å². The molecule has 0 spiro atoms. The number of rotatable bonds is 5. The zero-order chi connectivity index (χ0) is 10.2. The van der Waals surface area contributed by atoms with Crippen LogP contribution in [0.1, 0.15) is 19.3 Å². The van der Waals surface area contributed by atoms with Crippen molar-refractivity contribution < 1.29 is 4.79 Å². The molecule has 3 N–H and O–H groups in total. The SMILES string of the molecule is NNC(=O)CCCCN1CCSCC1. The van der Waals surface area contributed by atoms with Crippen molar-refractivity contribution in [2.24, 2.45) is 5.84 Å². The van der Waals surface area contributed by atoms with Crippen molar-refractivity contribution in [1.82, 2.24) is 10.3 Å². The fourth-order valence-corrected chi connectivity index (χ4v) is 2.50. The van der Waals surface area contributed by atoms with Gasteiger partial charge < -0.3 is 4.90 Å². The Morgan fingerprint density at radius 2 is 2.07 bits per heavy atom. The summed E-state index contributed by atoms with van der Waals surface area (Å²) in [6.07, 6.45) is 2.59. The smallest absolute Gasteiger partial charge is 0.233 e. The summed E-state index contributed by atoms with van der Waals surface area (Å²) in [7, 11) is 0. The highest BCUT2D eigenvalue weighted by Crippen LogP contribution is 2.09. The van der Waals surface area contributed by atoms with E-state index in [-0.39, 0.29) is 5.91 Å². The van der Waals surface area contributed by atoms with Gasteiger partial charge in [0.1, 0.15) is 0 Å². The Morgan fingerprint density at radius 1 is 1.36 bits per heavy atom. The van der Waals surface area contributed by atoms with Crippen LogP contribution in [0.4, 0.5) is 0 Å². The summed E-state index contributed by atoms with van der Waals surface area (Å²) in [5.74, 6) is 7.43. The predicted octanol–water partition coefficient (Wildman–Crippen LogP) is 0.195. The zero-order valence-electron chi connectivity index (χ0n) is 8.50. The van der Waals surface area contributed by atoms with Crippen LogP contribution in [0.5, 0.6) is 0 Å². The van der Waals surface area contributed by atoms with Gasteiger partial charge in [-0.05, 0) is 19.4 Å². The number of hydrogen-bond acceptors (Lipinski definition) is 4. The zero-order valence-corrected chi connectivity index (χ0v) is 9.31. The minimum atomic E-state index is -0.0563. The monoisotopic (exact) mass is 217 g/mol. The lowest BCUT2D eigenvalue weighted by Crippen LogP contribution is -2.33. The molecule has 0 radical (unpaired) electrons. The molecular formula is C9H19N3OS. The summed E-state index contributed by atoms with van der Waals surface area (Å²) in [5, 5.41) is 0. The molecule has 1 heterocycles. The lowest BCUT2D eigenvalue weighted by molar-refractivity contribution is -0.121. The average molecular weight is 217 g/mol. The quantitative estimate of drug-likeness (QED) is 0.299. The normalized spacial score (nSPS) is 18.1. The Kier molecular flexibility index (Phi) is 5.98. The van der Waals surface area contributed by atoms with Crippen molar-refractivity contribution >= 4 is 17.7 Å². The molecule has 82 valence electrons. The number of nitrogens with zero attached hydrogens (tertiary/aromatic N) is 1. The summed E-state index contributed by atoms with van der Waals surface area (Å²) in [5.41, 5.74) is 2.15. The molecule has 4 nitrogen and oxygen atoms in total. The molecule has 14 heavy (non-hydrogen) atoms. The van der Waals surface area contributed by atoms with Crippen LogP contribution < -0.4 is 11.3 Å². The number of hydrazine groups is 1. The van der Waals surface area contributed by atoms with E-state index in [1.807, 2.05) is 11.8 Å². The standard InChI is InChI=1S/C9H19N3OS/c10-11-9(13)3-1-2-4-12-5-7-14-8-6-12/h1-8,10H2,(H,11,13). The van der Waals surface area contributed by atoms with Gasteiger partial charge in [0, 0.05) is 31.0 Å². The number of carbonyl (C=O) groups is 1. The molecule has 1 aliphatic heterocycles. The van der Waals surface area contributed by atoms with Gasteiger partial charge in [-0.1, -0.05) is 0 Å². The third-order valence-electron chi connectivity index (χ3n) is 2.39. The van der Waals surface area contributed by atoms with E-state index in [0.717, 1.165) is 19.4 Å². The second-order valence-corrected chi connectivity index (χ2v) is 4.70. The van der Waals surface area contributed by atoms with Gasteiger partial charge in [0.2, 0.25) is 5.91 Å². The van der Waals surface area contributed by atoms with Crippen LogP contribution in [0.15, 0.2) is 0 Å². The van der Waals surface area contributed by atoms with Gasteiger partial charge in [0.25, 0.3) is 0 Å². The van der Waals surface area contributed by atoms with E-state index in [1.54, 1.807) is 0 Å². The van der Waals surface area contributed by atoms with Gasteiger partial charge in [0.15, 0.2) is 0 Å². The summed E-state index contributed by atoms with van der Waals surface area (Å²) in [6.45, 7) is 3.53. The van der Waals surface area contributed by atoms with E-state index in [4.69, 9.17) is 5.84 Å². The third kappa shape index (κ3) is 4.83. The second kappa shape index (κ2) is 7.09. The highest BCUT2D eigenvalue weighted by atomic mass is 32.2. The predicted molar refractivity (Wildman–Crippen MR) is 59.9 cm³/mol. The van der Waals surface area contributed by atoms with Crippen molar-refractivity contribution in [1.29, 1.82) is 0 Å². The minimum Gasteiger partial charge on any atom is -0.302 e. The van der Waals surface area contributed by atoms with Crippen LogP contribution in [0, 0.1) is 0 Å². The van der Waals surface area contributed by atoms with Crippen LogP contribution in [-0.2, 0) is 4.79 Å². The maximum absolute atomic E-state index is 10.8. The Labute approximate surface area is 89.6 Å². The molecular weight excluding hydrogens is 198 g/mol. The number of unbranched alkanes of at least 4 members (excludes halogenated alkanes) is 1. The van der Waals surface area contributed by atoms with Crippen LogP contribution in [0.3, 0.4) is 0 Å². The highest BCUT2D eigenvalue weighted by molar-refractivity contribution is 7.99. The van der Waals surface area contributed by atoms with Gasteiger partial charge in [-0.2, -0.15) is 11.8 Å². The number of amides is 1. The molecule has 0 aromatic rings. The van der Waals surface area contributed by atoms with E-state index in [0.29, 0.717) is 6.42 Å². The van der Waals surface area contributed by atoms with Crippen molar-refractivity contribution in [2.45, 2.75) is 19.3 Å². The largest absolute Gasteiger partial charge is 0.302 e. The number of nitrogens with one attached hydrogen (secondary N) is 1. The fraction of sp³-hybridized carbons (Fsp3) is 0.889. The molecule has 1 fully saturated rings. The first-order chi connectivity index (χ1) is 6.83. The summed E-state index contributed by atoms with van der Waals surface area (Å²) in [6, 6.07) is 0. The van der Waals surface area contributed by atoms with Crippen LogP contribution in [-0.4, -0.2) is 41.9 Å². The molecule has 1 amide bonds. The number of carbonyl (C=O) groups excluding carboxylic acids is 1. The maximum atomic E-state index is 10.8. The lowest BCUT2D eigenvalue weighted by atomic mass is 10.2. The Morgan fingerprint density at radius 3 is 2.71 bits per heavy atom. The van der Waals surface area contributed by atoms with E-state index in [9.17, 15) is 4.79 Å².